The summed E-state index contributed by atoms with van der Waals surface area (Å²) in [6.45, 7) is 0. The van der Waals surface area contributed by atoms with Crippen molar-refractivity contribution in [2.24, 2.45) is 0 Å². The Hall–Kier alpha value is -1.24. The molecule has 0 radical (unpaired) electrons. The van der Waals surface area contributed by atoms with Gasteiger partial charge in [-0.05, 0) is 12.1 Å². The summed E-state index contributed by atoms with van der Waals surface area (Å²) in [5.41, 5.74) is 0.706. The van der Waals surface area contributed by atoms with Crippen LogP contribution in [0.1, 0.15) is 22.0 Å². The highest BCUT2D eigenvalue weighted by molar-refractivity contribution is 7.80. The number of ether oxygens (including phenoxy) is 2. The number of esters is 1. The molecule has 5 nitrogen and oxygen atoms in total. The summed E-state index contributed by atoms with van der Waals surface area (Å²) in [6.07, 6.45) is -2.13. The fourth-order valence-electron chi connectivity index (χ4n) is 1.51. The minimum atomic E-state index is -1.12. The summed E-state index contributed by atoms with van der Waals surface area (Å²) >= 11 is 3.91. The number of methoxy groups -OCH3 is 2. The van der Waals surface area contributed by atoms with Crippen molar-refractivity contribution in [3.05, 3.63) is 29.3 Å². The summed E-state index contributed by atoms with van der Waals surface area (Å²) in [7, 11) is 2.70. The fraction of sp³-hybridized carbons (Fsp3) is 0.417. The van der Waals surface area contributed by atoms with Crippen molar-refractivity contribution in [3.63, 3.8) is 0 Å². The van der Waals surface area contributed by atoms with Gasteiger partial charge in [0.1, 0.15) is 11.9 Å². The normalized spacial score (nSPS) is 13.8. The fourth-order valence-corrected chi connectivity index (χ4v) is 1.71. The molecule has 0 saturated carbocycles. The molecule has 0 aliphatic rings. The van der Waals surface area contributed by atoms with Crippen molar-refractivity contribution in [1.29, 1.82) is 0 Å². The summed E-state index contributed by atoms with van der Waals surface area (Å²) in [5.74, 6) is -0.0707. The maximum absolute atomic E-state index is 11.4. The maximum Gasteiger partial charge on any atom is 0.337 e. The highest BCUT2D eigenvalue weighted by Gasteiger charge is 2.21. The van der Waals surface area contributed by atoms with Crippen LogP contribution in [0.2, 0.25) is 0 Å². The molecule has 1 aromatic carbocycles. The average Bonchev–Trinajstić information content (AvgIpc) is 2.43. The van der Waals surface area contributed by atoms with Crippen molar-refractivity contribution in [2.45, 2.75) is 12.2 Å². The molecule has 0 aliphatic heterocycles. The molecular weight excluding hydrogens is 256 g/mol. The third-order valence-corrected chi connectivity index (χ3v) is 2.90. The van der Waals surface area contributed by atoms with Crippen molar-refractivity contribution >= 4 is 18.6 Å². The van der Waals surface area contributed by atoms with Gasteiger partial charge in [-0.25, -0.2) is 4.79 Å². The monoisotopic (exact) mass is 272 g/mol. The zero-order valence-corrected chi connectivity index (χ0v) is 11.1. The van der Waals surface area contributed by atoms with Gasteiger partial charge in [-0.1, -0.05) is 6.07 Å². The molecule has 0 amide bonds. The molecule has 100 valence electrons. The van der Waals surface area contributed by atoms with E-state index in [1.165, 1.54) is 32.4 Å². The van der Waals surface area contributed by atoms with E-state index in [1.807, 2.05) is 0 Å². The van der Waals surface area contributed by atoms with Gasteiger partial charge >= 0.3 is 5.97 Å². The first-order valence-electron chi connectivity index (χ1n) is 5.28. The van der Waals surface area contributed by atoms with E-state index in [0.717, 1.165) is 0 Å². The SMILES string of the molecule is COC(=O)c1ccc(C(O)C(O)CS)c(OC)c1. The molecule has 1 aromatic rings. The van der Waals surface area contributed by atoms with Crippen molar-refractivity contribution in [3.8, 4) is 5.75 Å². The van der Waals surface area contributed by atoms with E-state index >= 15 is 0 Å². The topological polar surface area (TPSA) is 76.0 Å². The number of hydrogen-bond acceptors (Lipinski definition) is 6. The molecule has 2 unspecified atom stereocenters. The lowest BCUT2D eigenvalue weighted by atomic mass is 10.0. The number of thiol groups is 1. The molecule has 6 heteroatoms. The number of carbonyl (C=O) groups excluding carboxylic acids is 1. The van der Waals surface area contributed by atoms with Crippen LogP contribution in [0.5, 0.6) is 5.75 Å². The van der Waals surface area contributed by atoms with Gasteiger partial charge in [0.25, 0.3) is 0 Å². The van der Waals surface area contributed by atoms with Gasteiger partial charge in [0.2, 0.25) is 0 Å². The summed E-state index contributed by atoms with van der Waals surface area (Å²) in [6, 6.07) is 4.47. The Kier molecular flexibility index (Phi) is 5.46. The van der Waals surface area contributed by atoms with Gasteiger partial charge < -0.3 is 19.7 Å². The van der Waals surface area contributed by atoms with Crippen LogP contribution in [0.3, 0.4) is 0 Å². The van der Waals surface area contributed by atoms with Gasteiger partial charge in [0, 0.05) is 11.3 Å². The number of benzene rings is 1. The predicted octanol–water partition coefficient (Wildman–Crippen LogP) is 0.806. The van der Waals surface area contributed by atoms with E-state index in [1.54, 1.807) is 0 Å². The quantitative estimate of drug-likeness (QED) is 0.546. The predicted molar refractivity (Wildman–Crippen MR) is 69.2 cm³/mol. The molecule has 0 aromatic heterocycles. The Bertz CT molecular complexity index is 421. The number of hydrogen-bond donors (Lipinski definition) is 3. The molecule has 0 bridgehead atoms. The Morgan fingerprint density at radius 3 is 2.56 bits per heavy atom. The molecule has 2 N–H and O–H groups in total. The Balaban J connectivity index is 3.11. The van der Waals surface area contributed by atoms with E-state index in [4.69, 9.17) is 4.74 Å². The van der Waals surface area contributed by atoms with E-state index in [-0.39, 0.29) is 5.75 Å². The van der Waals surface area contributed by atoms with Crippen molar-refractivity contribution in [1.82, 2.24) is 0 Å². The van der Waals surface area contributed by atoms with E-state index in [9.17, 15) is 15.0 Å². The maximum atomic E-state index is 11.4. The molecule has 0 aliphatic carbocycles. The number of aliphatic hydroxyl groups is 2. The minimum absolute atomic E-state index is 0.114. The number of carbonyl (C=O) groups is 1. The highest BCUT2D eigenvalue weighted by atomic mass is 32.1. The van der Waals surface area contributed by atoms with E-state index < -0.39 is 18.2 Å². The second-order valence-corrected chi connectivity index (χ2v) is 4.01. The lowest BCUT2D eigenvalue weighted by Crippen LogP contribution is -2.20. The molecule has 0 heterocycles. The van der Waals surface area contributed by atoms with Gasteiger partial charge in [0.05, 0.1) is 25.9 Å². The van der Waals surface area contributed by atoms with Crippen LogP contribution < -0.4 is 4.74 Å². The van der Waals surface area contributed by atoms with Crippen LogP contribution in [0.25, 0.3) is 0 Å². The van der Waals surface area contributed by atoms with Crippen molar-refractivity contribution in [2.75, 3.05) is 20.0 Å². The molecule has 2 atom stereocenters. The second kappa shape index (κ2) is 6.63. The summed E-state index contributed by atoms with van der Waals surface area (Å²) in [4.78, 5) is 11.4. The molecule has 0 fully saturated rings. The van der Waals surface area contributed by atoms with Crippen LogP contribution in [0, 0.1) is 0 Å². The van der Waals surface area contributed by atoms with Crippen LogP contribution in [0.15, 0.2) is 18.2 Å². The Labute approximate surface area is 111 Å². The highest BCUT2D eigenvalue weighted by Crippen LogP contribution is 2.29. The minimum Gasteiger partial charge on any atom is -0.496 e. The first-order valence-corrected chi connectivity index (χ1v) is 5.91. The Morgan fingerprint density at radius 2 is 2.06 bits per heavy atom. The Morgan fingerprint density at radius 1 is 1.39 bits per heavy atom. The third-order valence-electron chi connectivity index (χ3n) is 2.52. The zero-order chi connectivity index (χ0) is 13.7. The van der Waals surface area contributed by atoms with Gasteiger partial charge in [-0.15, -0.1) is 0 Å². The van der Waals surface area contributed by atoms with Crippen molar-refractivity contribution < 1.29 is 24.5 Å². The van der Waals surface area contributed by atoms with Gasteiger partial charge in [-0.3, -0.25) is 0 Å². The van der Waals surface area contributed by atoms with Gasteiger partial charge in [-0.2, -0.15) is 12.6 Å². The lowest BCUT2D eigenvalue weighted by Gasteiger charge is -2.19. The number of aliphatic hydroxyl groups excluding tert-OH is 2. The van der Waals surface area contributed by atoms with Crippen LogP contribution >= 0.6 is 12.6 Å². The standard InChI is InChI=1S/C12H16O5S/c1-16-10-5-7(12(15)17-2)3-4-8(10)11(14)9(13)6-18/h3-5,9,11,13-14,18H,6H2,1-2H3. The lowest BCUT2D eigenvalue weighted by molar-refractivity contribution is 0.0322. The second-order valence-electron chi connectivity index (χ2n) is 3.64. The first kappa shape index (κ1) is 14.8. The van der Waals surface area contributed by atoms with Crippen LogP contribution in [-0.4, -0.2) is 42.3 Å². The zero-order valence-electron chi connectivity index (χ0n) is 10.2. The molecule has 18 heavy (non-hydrogen) atoms. The largest absolute Gasteiger partial charge is 0.496 e. The summed E-state index contributed by atoms with van der Waals surface area (Å²) in [5, 5.41) is 19.4. The smallest absolute Gasteiger partial charge is 0.337 e. The summed E-state index contributed by atoms with van der Waals surface area (Å²) < 4.78 is 9.68. The van der Waals surface area contributed by atoms with E-state index in [0.29, 0.717) is 16.9 Å². The molecular formula is C12H16O5S. The number of rotatable bonds is 5. The van der Waals surface area contributed by atoms with E-state index in [2.05, 4.69) is 17.4 Å². The van der Waals surface area contributed by atoms with Crippen LogP contribution in [-0.2, 0) is 4.74 Å². The van der Waals surface area contributed by atoms with Gasteiger partial charge in [0.15, 0.2) is 0 Å². The third kappa shape index (κ3) is 3.16. The molecule has 0 saturated heterocycles. The molecule has 0 spiro atoms. The average molecular weight is 272 g/mol. The first-order chi connectivity index (χ1) is 8.54. The molecule has 1 rings (SSSR count). The van der Waals surface area contributed by atoms with Crippen LogP contribution in [0.4, 0.5) is 0 Å².